The predicted octanol–water partition coefficient (Wildman–Crippen LogP) is 3.12. The van der Waals surface area contributed by atoms with E-state index in [4.69, 9.17) is 4.42 Å². The van der Waals surface area contributed by atoms with E-state index in [2.05, 4.69) is 20.9 Å². The minimum absolute atomic E-state index is 0.194. The molecule has 0 spiro atoms. The molecule has 1 N–H and O–H groups in total. The summed E-state index contributed by atoms with van der Waals surface area (Å²) in [5.74, 6) is 0.786. The predicted molar refractivity (Wildman–Crippen MR) is 56.0 cm³/mol. The molecule has 0 atom stereocenters. The number of phenols is 1. The van der Waals surface area contributed by atoms with Crippen molar-refractivity contribution in [2.24, 2.45) is 0 Å². The smallest absolute Gasteiger partial charge is 0.264 e. The molecule has 72 valence electrons. The molecule has 0 radical (unpaired) electrons. The second-order valence-electron chi connectivity index (χ2n) is 2.90. The Bertz CT molecular complexity index is 465. The lowest BCUT2D eigenvalue weighted by Crippen LogP contribution is -1.79. The third-order valence-electron chi connectivity index (χ3n) is 1.92. The van der Waals surface area contributed by atoms with E-state index < -0.39 is 0 Å². The first-order chi connectivity index (χ1) is 6.68. The topological polar surface area (TPSA) is 46.3 Å². The number of aryl methyl sites for hydroxylation is 1. The number of oxazole rings is 1. The second kappa shape index (κ2) is 3.46. The van der Waals surface area contributed by atoms with Crippen LogP contribution in [-0.2, 0) is 0 Å². The molecule has 0 saturated heterocycles. The highest BCUT2D eigenvalue weighted by molar-refractivity contribution is 9.10. The first-order valence-electron chi connectivity index (χ1n) is 4.10. The minimum atomic E-state index is 0.194. The summed E-state index contributed by atoms with van der Waals surface area (Å²) >= 11 is 3.15. The van der Waals surface area contributed by atoms with Gasteiger partial charge >= 0.3 is 0 Å². The number of hydrogen-bond acceptors (Lipinski definition) is 3. The quantitative estimate of drug-likeness (QED) is 0.850. The van der Waals surface area contributed by atoms with Crippen LogP contribution in [0.4, 0.5) is 0 Å². The van der Waals surface area contributed by atoms with Crippen LogP contribution in [0.15, 0.2) is 33.5 Å². The Morgan fingerprint density at radius 2 is 2.07 bits per heavy atom. The molecule has 4 heteroatoms. The maximum atomic E-state index is 9.59. The second-order valence-corrected chi connectivity index (χ2v) is 3.58. The standard InChI is InChI=1S/C10H8BrNO2/c1-6-9(14-10(11)12-6)7-4-2-3-5-8(7)13/h2-5,13H,1H3. The number of para-hydroxylation sites is 1. The molecular weight excluding hydrogens is 246 g/mol. The molecule has 0 fully saturated rings. The molecule has 2 rings (SSSR count). The van der Waals surface area contributed by atoms with Crippen molar-refractivity contribution in [1.29, 1.82) is 0 Å². The van der Waals surface area contributed by atoms with Gasteiger partial charge < -0.3 is 9.52 Å². The number of rotatable bonds is 1. The van der Waals surface area contributed by atoms with Crippen LogP contribution in [0, 0.1) is 6.92 Å². The van der Waals surface area contributed by atoms with Gasteiger partial charge in [0.15, 0.2) is 5.76 Å². The average Bonchev–Trinajstić information content (AvgIpc) is 2.46. The number of nitrogens with zero attached hydrogens (tertiary/aromatic N) is 1. The molecule has 0 unspecified atom stereocenters. The normalized spacial score (nSPS) is 10.4. The van der Waals surface area contributed by atoms with Crippen LogP contribution in [0.1, 0.15) is 5.69 Å². The highest BCUT2D eigenvalue weighted by Crippen LogP contribution is 2.32. The van der Waals surface area contributed by atoms with Gasteiger partial charge in [0.1, 0.15) is 5.75 Å². The summed E-state index contributed by atoms with van der Waals surface area (Å²) in [7, 11) is 0. The molecule has 14 heavy (non-hydrogen) atoms. The van der Waals surface area contributed by atoms with E-state index >= 15 is 0 Å². The summed E-state index contributed by atoms with van der Waals surface area (Å²) < 4.78 is 5.33. The molecule has 0 aliphatic heterocycles. The minimum Gasteiger partial charge on any atom is -0.507 e. The lowest BCUT2D eigenvalue weighted by Gasteiger charge is -1.99. The van der Waals surface area contributed by atoms with Gasteiger partial charge in [0.2, 0.25) is 0 Å². The molecule has 0 bridgehead atoms. The van der Waals surface area contributed by atoms with Crippen LogP contribution in [-0.4, -0.2) is 10.1 Å². The fourth-order valence-electron chi connectivity index (χ4n) is 1.28. The zero-order chi connectivity index (χ0) is 10.1. The van der Waals surface area contributed by atoms with Gasteiger partial charge in [-0.3, -0.25) is 0 Å². The molecule has 1 aromatic carbocycles. The number of phenolic OH excluding ortho intramolecular Hbond substituents is 1. The van der Waals surface area contributed by atoms with E-state index in [9.17, 15) is 5.11 Å². The molecular formula is C10H8BrNO2. The number of benzene rings is 1. The molecule has 0 amide bonds. The number of aromatic hydroxyl groups is 1. The number of hydrogen-bond donors (Lipinski definition) is 1. The van der Waals surface area contributed by atoms with E-state index in [-0.39, 0.29) is 5.75 Å². The fourth-order valence-corrected chi connectivity index (χ4v) is 1.71. The van der Waals surface area contributed by atoms with Crippen molar-refractivity contribution < 1.29 is 9.52 Å². The van der Waals surface area contributed by atoms with Crippen molar-refractivity contribution >= 4 is 15.9 Å². The molecule has 1 aromatic heterocycles. The van der Waals surface area contributed by atoms with Crippen molar-refractivity contribution in [3.05, 3.63) is 34.8 Å². The average molecular weight is 254 g/mol. The lowest BCUT2D eigenvalue weighted by atomic mass is 10.1. The van der Waals surface area contributed by atoms with Gasteiger partial charge in [-0.25, -0.2) is 4.98 Å². The molecule has 0 aliphatic carbocycles. The molecule has 2 aromatic rings. The molecule has 0 aliphatic rings. The Morgan fingerprint density at radius 1 is 1.36 bits per heavy atom. The van der Waals surface area contributed by atoms with Gasteiger partial charge in [0.25, 0.3) is 4.80 Å². The zero-order valence-electron chi connectivity index (χ0n) is 7.49. The largest absolute Gasteiger partial charge is 0.507 e. The number of aromatic nitrogens is 1. The molecule has 3 nitrogen and oxygen atoms in total. The van der Waals surface area contributed by atoms with Crippen LogP contribution >= 0.6 is 15.9 Å². The van der Waals surface area contributed by atoms with Crippen molar-refractivity contribution in [2.45, 2.75) is 6.92 Å². The summed E-state index contributed by atoms with van der Waals surface area (Å²) in [6.45, 7) is 1.83. The van der Waals surface area contributed by atoms with E-state index in [0.717, 1.165) is 5.69 Å². The Hall–Kier alpha value is -1.29. The maximum absolute atomic E-state index is 9.59. The van der Waals surface area contributed by atoms with E-state index in [1.165, 1.54) is 0 Å². The van der Waals surface area contributed by atoms with Gasteiger partial charge in [-0.2, -0.15) is 0 Å². The van der Waals surface area contributed by atoms with Gasteiger partial charge in [-0.05, 0) is 19.1 Å². The fraction of sp³-hybridized carbons (Fsp3) is 0.100. The summed E-state index contributed by atoms with van der Waals surface area (Å²) in [6, 6.07) is 7.00. The van der Waals surface area contributed by atoms with Crippen LogP contribution < -0.4 is 0 Å². The first-order valence-corrected chi connectivity index (χ1v) is 4.89. The Morgan fingerprint density at radius 3 is 2.64 bits per heavy atom. The Kier molecular flexibility index (Phi) is 2.29. The SMILES string of the molecule is Cc1nc(Br)oc1-c1ccccc1O. The molecule has 1 heterocycles. The Labute approximate surface area is 89.5 Å². The van der Waals surface area contributed by atoms with E-state index in [1.807, 2.05) is 13.0 Å². The van der Waals surface area contributed by atoms with Crippen LogP contribution in [0.5, 0.6) is 5.75 Å². The highest BCUT2D eigenvalue weighted by Gasteiger charge is 2.12. The first kappa shape index (κ1) is 9.27. The lowest BCUT2D eigenvalue weighted by molar-refractivity contribution is 0.472. The van der Waals surface area contributed by atoms with Crippen molar-refractivity contribution in [3.63, 3.8) is 0 Å². The maximum Gasteiger partial charge on any atom is 0.264 e. The van der Waals surface area contributed by atoms with E-state index in [1.54, 1.807) is 18.2 Å². The van der Waals surface area contributed by atoms with Crippen LogP contribution in [0.25, 0.3) is 11.3 Å². The van der Waals surface area contributed by atoms with Gasteiger partial charge in [0.05, 0.1) is 11.3 Å². The van der Waals surface area contributed by atoms with Crippen molar-refractivity contribution in [1.82, 2.24) is 4.98 Å². The van der Waals surface area contributed by atoms with Crippen molar-refractivity contribution in [3.8, 4) is 17.1 Å². The van der Waals surface area contributed by atoms with Crippen LogP contribution in [0.3, 0.4) is 0 Å². The van der Waals surface area contributed by atoms with E-state index in [0.29, 0.717) is 16.1 Å². The summed E-state index contributed by atoms with van der Waals surface area (Å²) in [5, 5.41) is 9.59. The summed E-state index contributed by atoms with van der Waals surface area (Å²) in [5.41, 5.74) is 1.40. The summed E-state index contributed by atoms with van der Waals surface area (Å²) in [6.07, 6.45) is 0. The summed E-state index contributed by atoms with van der Waals surface area (Å²) in [4.78, 5) is 4.49. The Balaban J connectivity index is 2.60. The number of halogens is 1. The van der Waals surface area contributed by atoms with Gasteiger partial charge in [0, 0.05) is 15.9 Å². The third kappa shape index (κ3) is 1.53. The third-order valence-corrected chi connectivity index (χ3v) is 2.26. The van der Waals surface area contributed by atoms with Gasteiger partial charge in [-0.1, -0.05) is 12.1 Å². The molecule has 0 saturated carbocycles. The van der Waals surface area contributed by atoms with Crippen molar-refractivity contribution in [2.75, 3.05) is 0 Å². The van der Waals surface area contributed by atoms with Gasteiger partial charge in [-0.15, -0.1) is 0 Å². The van der Waals surface area contributed by atoms with Crippen LogP contribution in [0.2, 0.25) is 0 Å². The highest BCUT2D eigenvalue weighted by atomic mass is 79.9. The zero-order valence-corrected chi connectivity index (χ0v) is 9.08. The monoisotopic (exact) mass is 253 g/mol.